The molecule has 1 aromatic carbocycles. The molecular weight excluding hydrogens is 282 g/mol. The fraction of sp³-hybridized carbons (Fsp3) is 0.333. The molecule has 9 heteroatoms. The van der Waals surface area contributed by atoms with E-state index in [4.69, 9.17) is 16.7 Å². The SMILES string of the molecule is NS(=O)(=O)CCNCc1cc([N+](=O)[O-])ccc1Cl. The van der Waals surface area contributed by atoms with Gasteiger partial charge >= 0.3 is 0 Å². The number of nitrogens with two attached hydrogens (primary N) is 1. The molecule has 0 amide bonds. The highest BCUT2D eigenvalue weighted by molar-refractivity contribution is 7.89. The van der Waals surface area contributed by atoms with E-state index in [1.807, 2.05) is 0 Å². The van der Waals surface area contributed by atoms with Crippen molar-refractivity contribution < 1.29 is 13.3 Å². The fourth-order valence-corrected chi connectivity index (χ4v) is 1.86. The monoisotopic (exact) mass is 293 g/mol. The largest absolute Gasteiger partial charge is 0.312 e. The van der Waals surface area contributed by atoms with Crippen LogP contribution >= 0.6 is 11.6 Å². The number of sulfonamides is 1. The maximum atomic E-state index is 10.7. The predicted octanol–water partition coefficient (Wildman–Crippen LogP) is 0.626. The average Bonchev–Trinajstić information content (AvgIpc) is 2.24. The van der Waals surface area contributed by atoms with E-state index in [2.05, 4.69) is 5.32 Å². The summed E-state index contributed by atoms with van der Waals surface area (Å²) in [5.41, 5.74) is 0.461. The normalized spacial score (nSPS) is 11.4. The predicted molar refractivity (Wildman–Crippen MR) is 67.8 cm³/mol. The van der Waals surface area contributed by atoms with Crippen LogP contribution in [0.3, 0.4) is 0 Å². The number of hydrogen-bond donors (Lipinski definition) is 2. The Balaban J connectivity index is 2.61. The van der Waals surface area contributed by atoms with E-state index in [1.54, 1.807) is 0 Å². The third-order valence-electron chi connectivity index (χ3n) is 2.12. The summed E-state index contributed by atoms with van der Waals surface area (Å²) in [6, 6.07) is 4.07. The molecule has 0 atom stereocenters. The Labute approximate surface area is 109 Å². The van der Waals surface area contributed by atoms with E-state index >= 15 is 0 Å². The van der Waals surface area contributed by atoms with E-state index < -0.39 is 14.9 Å². The van der Waals surface area contributed by atoms with Crippen molar-refractivity contribution in [2.75, 3.05) is 12.3 Å². The molecule has 100 valence electrons. The first kappa shape index (κ1) is 14.8. The number of halogens is 1. The maximum absolute atomic E-state index is 10.7. The molecule has 0 radical (unpaired) electrons. The molecule has 0 fully saturated rings. The number of benzene rings is 1. The maximum Gasteiger partial charge on any atom is 0.269 e. The Hall–Kier alpha value is -1.22. The Morgan fingerprint density at radius 2 is 2.11 bits per heavy atom. The smallest absolute Gasteiger partial charge is 0.269 e. The van der Waals surface area contributed by atoms with Gasteiger partial charge in [-0.2, -0.15) is 0 Å². The molecule has 0 bridgehead atoms. The number of nitro benzene ring substituents is 1. The third kappa shape index (κ3) is 4.96. The van der Waals surface area contributed by atoms with Crippen molar-refractivity contribution in [3.05, 3.63) is 38.9 Å². The fourth-order valence-electron chi connectivity index (χ4n) is 1.25. The Kier molecular flexibility index (Phi) is 5.03. The third-order valence-corrected chi connectivity index (χ3v) is 3.26. The van der Waals surface area contributed by atoms with E-state index in [9.17, 15) is 18.5 Å². The second kappa shape index (κ2) is 6.10. The van der Waals surface area contributed by atoms with E-state index in [0.29, 0.717) is 10.6 Å². The molecule has 0 spiro atoms. The number of non-ortho nitro benzene ring substituents is 1. The van der Waals surface area contributed by atoms with Crippen LogP contribution in [0.4, 0.5) is 5.69 Å². The van der Waals surface area contributed by atoms with Gasteiger partial charge in [0.15, 0.2) is 0 Å². The van der Waals surface area contributed by atoms with Crippen LogP contribution in [-0.4, -0.2) is 25.6 Å². The lowest BCUT2D eigenvalue weighted by Gasteiger charge is -2.06. The molecule has 7 nitrogen and oxygen atoms in total. The van der Waals surface area contributed by atoms with Gasteiger partial charge in [-0.15, -0.1) is 0 Å². The van der Waals surface area contributed by atoms with Crippen LogP contribution < -0.4 is 10.5 Å². The lowest BCUT2D eigenvalue weighted by Crippen LogP contribution is -2.26. The molecule has 0 saturated carbocycles. The van der Waals surface area contributed by atoms with Crippen molar-refractivity contribution in [3.8, 4) is 0 Å². The van der Waals surface area contributed by atoms with Crippen molar-refractivity contribution in [2.24, 2.45) is 5.14 Å². The first-order valence-corrected chi connectivity index (χ1v) is 7.03. The van der Waals surface area contributed by atoms with Gasteiger partial charge in [-0.05, 0) is 11.6 Å². The summed E-state index contributed by atoms with van der Waals surface area (Å²) in [5, 5.41) is 18.6. The summed E-state index contributed by atoms with van der Waals surface area (Å²) in [7, 11) is -3.51. The lowest BCUT2D eigenvalue weighted by atomic mass is 10.2. The van der Waals surface area contributed by atoms with Gasteiger partial charge in [-0.3, -0.25) is 10.1 Å². The molecule has 0 aliphatic carbocycles. The summed E-state index contributed by atoms with van der Waals surface area (Å²) in [6.07, 6.45) is 0. The van der Waals surface area contributed by atoms with Crippen LogP contribution in [-0.2, 0) is 16.6 Å². The summed E-state index contributed by atoms with van der Waals surface area (Å²) in [4.78, 5) is 10.0. The highest BCUT2D eigenvalue weighted by Crippen LogP contribution is 2.21. The Bertz CT molecular complexity index is 547. The van der Waals surface area contributed by atoms with Gasteiger partial charge in [0.1, 0.15) is 0 Å². The summed E-state index contributed by atoms with van der Waals surface area (Å²) < 4.78 is 21.4. The molecule has 3 N–H and O–H groups in total. The van der Waals surface area contributed by atoms with Crippen LogP contribution in [0.5, 0.6) is 0 Å². The van der Waals surface area contributed by atoms with Crippen LogP contribution in [0.1, 0.15) is 5.56 Å². The van der Waals surface area contributed by atoms with Crippen molar-refractivity contribution in [1.29, 1.82) is 0 Å². The summed E-state index contributed by atoms with van der Waals surface area (Å²) in [6.45, 7) is 0.383. The molecule has 0 unspecified atom stereocenters. The number of nitro groups is 1. The van der Waals surface area contributed by atoms with Gasteiger partial charge in [0.05, 0.1) is 10.7 Å². The van der Waals surface area contributed by atoms with Gasteiger partial charge in [-0.25, -0.2) is 13.6 Å². The van der Waals surface area contributed by atoms with Crippen molar-refractivity contribution in [2.45, 2.75) is 6.54 Å². The van der Waals surface area contributed by atoms with Gasteiger partial charge < -0.3 is 5.32 Å². The van der Waals surface area contributed by atoms with Crippen LogP contribution in [0.25, 0.3) is 0 Å². The summed E-state index contributed by atoms with van der Waals surface area (Å²) in [5.74, 6) is -0.209. The zero-order valence-corrected chi connectivity index (χ0v) is 10.9. The molecule has 18 heavy (non-hydrogen) atoms. The Morgan fingerprint density at radius 1 is 1.44 bits per heavy atom. The number of rotatable bonds is 6. The summed E-state index contributed by atoms with van der Waals surface area (Å²) >= 11 is 5.86. The van der Waals surface area contributed by atoms with Crippen molar-refractivity contribution in [3.63, 3.8) is 0 Å². The highest BCUT2D eigenvalue weighted by Gasteiger charge is 2.09. The Morgan fingerprint density at radius 3 is 2.67 bits per heavy atom. The lowest BCUT2D eigenvalue weighted by molar-refractivity contribution is -0.384. The minimum atomic E-state index is -3.51. The van der Waals surface area contributed by atoms with Crippen molar-refractivity contribution in [1.82, 2.24) is 5.32 Å². The first-order chi connectivity index (χ1) is 8.29. The van der Waals surface area contributed by atoms with E-state index in [1.165, 1.54) is 18.2 Å². The van der Waals surface area contributed by atoms with Crippen molar-refractivity contribution >= 4 is 27.3 Å². The van der Waals surface area contributed by atoms with Gasteiger partial charge in [0, 0.05) is 30.2 Å². The number of nitrogens with zero attached hydrogens (tertiary/aromatic N) is 1. The van der Waals surface area contributed by atoms with Gasteiger partial charge in [0.25, 0.3) is 5.69 Å². The molecule has 0 heterocycles. The molecule has 0 saturated heterocycles. The molecule has 0 aromatic heterocycles. The number of primary sulfonamides is 1. The molecule has 0 aliphatic heterocycles. The van der Waals surface area contributed by atoms with E-state index in [-0.39, 0.29) is 24.5 Å². The number of nitrogens with one attached hydrogen (secondary N) is 1. The van der Waals surface area contributed by atoms with Crippen LogP contribution in [0, 0.1) is 10.1 Å². The standard InChI is InChI=1S/C9H12ClN3O4S/c10-9-2-1-8(13(14)15)5-7(9)6-12-3-4-18(11,16)17/h1-2,5,12H,3-4,6H2,(H2,11,16,17). The zero-order valence-electron chi connectivity index (χ0n) is 9.30. The minimum absolute atomic E-state index is 0.0670. The van der Waals surface area contributed by atoms with E-state index in [0.717, 1.165) is 0 Å². The highest BCUT2D eigenvalue weighted by atomic mass is 35.5. The van der Waals surface area contributed by atoms with Crippen LogP contribution in [0.2, 0.25) is 5.02 Å². The zero-order chi connectivity index (χ0) is 13.8. The molecule has 0 aliphatic rings. The quantitative estimate of drug-likeness (QED) is 0.453. The topological polar surface area (TPSA) is 115 Å². The average molecular weight is 294 g/mol. The second-order valence-corrected chi connectivity index (χ2v) is 5.72. The molecular formula is C9H12ClN3O4S. The minimum Gasteiger partial charge on any atom is -0.312 e. The molecule has 1 rings (SSSR count). The van der Waals surface area contributed by atoms with Crippen LogP contribution in [0.15, 0.2) is 18.2 Å². The second-order valence-electron chi connectivity index (χ2n) is 3.58. The number of hydrogen-bond acceptors (Lipinski definition) is 5. The molecule has 1 aromatic rings. The van der Waals surface area contributed by atoms with Gasteiger partial charge in [0.2, 0.25) is 10.0 Å². The first-order valence-electron chi connectivity index (χ1n) is 4.93. The van der Waals surface area contributed by atoms with Gasteiger partial charge in [-0.1, -0.05) is 11.6 Å².